The zero-order chi connectivity index (χ0) is 18.4. The minimum atomic E-state index is -0.397. The van der Waals surface area contributed by atoms with Gasteiger partial charge in [-0.2, -0.15) is 0 Å². The maximum absolute atomic E-state index is 12.3. The molecule has 2 aromatic carbocycles. The van der Waals surface area contributed by atoms with Gasteiger partial charge < -0.3 is 16.0 Å². The molecule has 26 heavy (non-hydrogen) atoms. The molecule has 5 heteroatoms. The second-order valence-electron chi connectivity index (χ2n) is 6.84. The molecule has 5 nitrogen and oxygen atoms in total. The van der Waals surface area contributed by atoms with Gasteiger partial charge in [-0.25, -0.2) is 4.79 Å². The second-order valence-corrected chi connectivity index (χ2v) is 6.84. The predicted octanol–water partition coefficient (Wildman–Crippen LogP) is 2.95. The Morgan fingerprint density at radius 3 is 2.23 bits per heavy atom. The summed E-state index contributed by atoms with van der Waals surface area (Å²) in [7, 11) is 0. The smallest absolute Gasteiger partial charge is 0.317 e. The van der Waals surface area contributed by atoms with Crippen LogP contribution in [0.2, 0.25) is 0 Å². The lowest BCUT2D eigenvalue weighted by Crippen LogP contribution is -2.44. The van der Waals surface area contributed by atoms with E-state index in [4.69, 9.17) is 5.73 Å². The SMILES string of the molecule is NC(=O)c1ccc(CC2CCN(C(=O)NCc3ccccc3)CC2)cc1. The van der Waals surface area contributed by atoms with Crippen molar-refractivity contribution in [2.45, 2.75) is 25.8 Å². The summed E-state index contributed by atoms with van der Waals surface area (Å²) in [4.78, 5) is 25.3. The lowest BCUT2D eigenvalue weighted by molar-refractivity contribution is 0.1000. The van der Waals surface area contributed by atoms with Crippen LogP contribution in [0.25, 0.3) is 0 Å². The van der Waals surface area contributed by atoms with E-state index >= 15 is 0 Å². The van der Waals surface area contributed by atoms with Crippen molar-refractivity contribution >= 4 is 11.9 Å². The Kier molecular flexibility index (Phi) is 5.89. The first-order valence-electron chi connectivity index (χ1n) is 9.07. The lowest BCUT2D eigenvalue weighted by Gasteiger charge is -2.32. The number of piperidine rings is 1. The van der Waals surface area contributed by atoms with Gasteiger partial charge in [0.2, 0.25) is 5.91 Å². The quantitative estimate of drug-likeness (QED) is 0.869. The Morgan fingerprint density at radius 2 is 1.62 bits per heavy atom. The summed E-state index contributed by atoms with van der Waals surface area (Å²) in [6.07, 6.45) is 2.96. The topological polar surface area (TPSA) is 75.4 Å². The molecule has 1 aliphatic heterocycles. The number of primary amides is 1. The van der Waals surface area contributed by atoms with E-state index < -0.39 is 5.91 Å². The zero-order valence-electron chi connectivity index (χ0n) is 14.9. The summed E-state index contributed by atoms with van der Waals surface area (Å²) in [5.41, 5.74) is 8.13. The van der Waals surface area contributed by atoms with Crippen LogP contribution in [-0.2, 0) is 13.0 Å². The van der Waals surface area contributed by atoms with Gasteiger partial charge in [0.1, 0.15) is 0 Å². The van der Waals surface area contributed by atoms with Crippen molar-refractivity contribution in [1.29, 1.82) is 0 Å². The molecule has 1 saturated heterocycles. The van der Waals surface area contributed by atoms with Gasteiger partial charge in [-0.05, 0) is 48.4 Å². The monoisotopic (exact) mass is 351 g/mol. The summed E-state index contributed by atoms with van der Waals surface area (Å²) in [5.74, 6) is 0.166. The molecule has 0 bridgehead atoms. The largest absolute Gasteiger partial charge is 0.366 e. The third-order valence-electron chi connectivity index (χ3n) is 4.95. The molecule has 0 saturated carbocycles. The van der Waals surface area contributed by atoms with E-state index in [0.29, 0.717) is 18.0 Å². The number of nitrogens with two attached hydrogens (primary N) is 1. The van der Waals surface area contributed by atoms with Gasteiger partial charge in [0.15, 0.2) is 0 Å². The maximum atomic E-state index is 12.3. The molecule has 0 unspecified atom stereocenters. The van der Waals surface area contributed by atoms with E-state index in [9.17, 15) is 9.59 Å². The molecule has 2 aromatic rings. The van der Waals surface area contributed by atoms with Gasteiger partial charge in [-0.1, -0.05) is 42.5 Å². The molecule has 3 amide bonds. The molecule has 1 aliphatic rings. The van der Waals surface area contributed by atoms with Crippen molar-refractivity contribution in [3.05, 3.63) is 71.3 Å². The number of amides is 3. The first-order valence-corrected chi connectivity index (χ1v) is 9.07. The van der Waals surface area contributed by atoms with Crippen LogP contribution in [-0.4, -0.2) is 29.9 Å². The molecule has 0 aliphatic carbocycles. The Bertz CT molecular complexity index is 736. The zero-order valence-corrected chi connectivity index (χ0v) is 14.9. The van der Waals surface area contributed by atoms with Crippen molar-refractivity contribution < 1.29 is 9.59 Å². The van der Waals surface area contributed by atoms with E-state index in [2.05, 4.69) is 5.32 Å². The minimum Gasteiger partial charge on any atom is -0.366 e. The molecule has 3 rings (SSSR count). The van der Waals surface area contributed by atoms with Crippen molar-refractivity contribution in [3.63, 3.8) is 0 Å². The molecule has 3 N–H and O–H groups in total. The molecule has 0 radical (unpaired) electrons. The molecule has 0 atom stereocenters. The molecule has 1 fully saturated rings. The Hall–Kier alpha value is -2.82. The van der Waals surface area contributed by atoms with Crippen LogP contribution in [0.15, 0.2) is 54.6 Å². The second kappa shape index (κ2) is 8.52. The summed E-state index contributed by atoms with van der Waals surface area (Å²) in [6.45, 7) is 2.13. The number of hydrogen-bond acceptors (Lipinski definition) is 2. The van der Waals surface area contributed by atoms with Crippen LogP contribution in [0, 0.1) is 5.92 Å². The highest BCUT2D eigenvalue weighted by atomic mass is 16.2. The highest BCUT2D eigenvalue weighted by molar-refractivity contribution is 5.92. The number of urea groups is 1. The fourth-order valence-electron chi connectivity index (χ4n) is 3.36. The van der Waals surface area contributed by atoms with Gasteiger partial charge in [0.05, 0.1) is 0 Å². The van der Waals surface area contributed by atoms with Crippen LogP contribution < -0.4 is 11.1 Å². The van der Waals surface area contributed by atoms with E-state index in [1.54, 1.807) is 12.1 Å². The third-order valence-corrected chi connectivity index (χ3v) is 4.95. The van der Waals surface area contributed by atoms with Gasteiger partial charge in [-0.15, -0.1) is 0 Å². The van der Waals surface area contributed by atoms with E-state index in [-0.39, 0.29) is 6.03 Å². The summed E-state index contributed by atoms with van der Waals surface area (Å²) < 4.78 is 0. The number of benzene rings is 2. The summed E-state index contributed by atoms with van der Waals surface area (Å²) >= 11 is 0. The number of likely N-dealkylation sites (tertiary alicyclic amines) is 1. The Balaban J connectivity index is 1.43. The first-order chi connectivity index (χ1) is 12.6. The molecule has 0 aromatic heterocycles. The average molecular weight is 351 g/mol. The number of carbonyl (C=O) groups is 2. The van der Waals surface area contributed by atoms with Crippen LogP contribution in [0.1, 0.15) is 34.3 Å². The molecular weight excluding hydrogens is 326 g/mol. The maximum Gasteiger partial charge on any atom is 0.317 e. The molecular formula is C21H25N3O2. The fourth-order valence-corrected chi connectivity index (χ4v) is 3.36. The number of carbonyl (C=O) groups excluding carboxylic acids is 2. The number of nitrogens with one attached hydrogen (secondary N) is 1. The highest BCUT2D eigenvalue weighted by Crippen LogP contribution is 2.22. The number of rotatable bonds is 5. The van der Waals surface area contributed by atoms with Gasteiger partial charge in [0.25, 0.3) is 0 Å². The normalized spacial score (nSPS) is 14.8. The predicted molar refractivity (Wildman–Crippen MR) is 102 cm³/mol. The molecule has 136 valence electrons. The van der Waals surface area contributed by atoms with E-state index in [0.717, 1.165) is 37.9 Å². The van der Waals surface area contributed by atoms with Crippen LogP contribution in [0.3, 0.4) is 0 Å². The lowest BCUT2D eigenvalue weighted by atomic mass is 9.90. The highest BCUT2D eigenvalue weighted by Gasteiger charge is 2.22. The minimum absolute atomic E-state index is 0.0121. The number of nitrogens with zero attached hydrogens (tertiary/aromatic N) is 1. The average Bonchev–Trinajstić information content (AvgIpc) is 2.68. The molecule has 0 spiro atoms. The van der Waals surface area contributed by atoms with Crippen LogP contribution in [0.5, 0.6) is 0 Å². The fraction of sp³-hybridized carbons (Fsp3) is 0.333. The molecule has 1 heterocycles. The summed E-state index contributed by atoms with van der Waals surface area (Å²) in [6, 6.07) is 17.5. The Labute approximate surface area is 154 Å². The van der Waals surface area contributed by atoms with Crippen molar-refractivity contribution in [1.82, 2.24) is 10.2 Å². The summed E-state index contributed by atoms with van der Waals surface area (Å²) in [5, 5.41) is 2.99. The van der Waals surface area contributed by atoms with Gasteiger partial charge in [-0.3, -0.25) is 4.79 Å². The van der Waals surface area contributed by atoms with E-state index in [1.165, 1.54) is 5.56 Å². The van der Waals surface area contributed by atoms with Crippen molar-refractivity contribution in [2.75, 3.05) is 13.1 Å². The van der Waals surface area contributed by atoms with Crippen molar-refractivity contribution in [2.24, 2.45) is 11.7 Å². The third kappa shape index (κ3) is 4.85. The van der Waals surface area contributed by atoms with Crippen molar-refractivity contribution in [3.8, 4) is 0 Å². The number of hydrogen-bond donors (Lipinski definition) is 2. The Morgan fingerprint density at radius 1 is 0.962 bits per heavy atom. The van der Waals surface area contributed by atoms with E-state index in [1.807, 2.05) is 47.4 Å². The van der Waals surface area contributed by atoms with Crippen LogP contribution >= 0.6 is 0 Å². The standard InChI is InChI=1S/C21H25N3O2/c22-20(25)19-8-6-16(7-9-19)14-17-10-12-24(13-11-17)21(26)23-15-18-4-2-1-3-5-18/h1-9,17H,10-15H2,(H2,22,25)(H,23,26). The van der Waals surface area contributed by atoms with Crippen LogP contribution in [0.4, 0.5) is 4.79 Å². The van der Waals surface area contributed by atoms with Gasteiger partial charge >= 0.3 is 6.03 Å². The van der Waals surface area contributed by atoms with Gasteiger partial charge in [0, 0.05) is 25.2 Å². The first kappa shape index (κ1) is 18.0.